The zero-order chi connectivity index (χ0) is 14.1. The van der Waals surface area contributed by atoms with Crippen LogP contribution < -0.4 is 16.0 Å². The van der Waals surface area contributed by atoms with E-state index in [9.17, 15) is 8.42 Å². The predicted octanol–water partition coefficient (Wildman–Crippen LogP) is 1.19. The summed E-state index contributed by atoms with van der Waals surface area (Å²) in [7, 11) is -3.59. The molecule has 4 N–H and O–H groups in total. The van der Waals surface area contributed by atoms with Crippen LogP contribution in [0.15, 0.2) is 17.2 Å². The largest absolute Gasteiger partial charge is 0.307 e. The van der Waals surface area contributed by atoms with Crippen molar-refractivity contribution in [2.24, 2.45) is 5.84 Å². The first-order chi connectivity index (χ1) is 8.92. The highest BCUT2D eigenvalue weighted by Crippen LogP contribution is 2.46. The number of aromatic nitrogens is 1. The highest BCUT2D eigenvalue weighted by molar-refractivity contribution is 8.00. The molecular weight excluding hydrogens is 308 g/mol. The van der Waals surface area contributed by atoms with Gasteiger partial charge in [0.2, 0.25) is 10.0 Å². The number of thioether (sulfide) groups is 1. The minimum Gasteiger partial charge on any atom is -0.307 e. The molecule has 1 aromatic rings. The third-order valence-electron chi connectivity index (χ3n) is 3.09. The SMILES string of the molecule is CSC1(CNS(=O)(=O)c2cnc(NN)c(Cl)c2)CC1. The topological polar surface area (TPSA) is 97.1 Å². The van der Waals surface area contributed by atoms with Crippen LogP contribution in [0.25, 0.3) is 0 Å². The first kappa shape index (κ1) is 14.9. The van der Waals surface area contributed by atoms with Crippen molar-refractivity contribution in [1.82, 2.24) is 9.71 Å². The van der Waals surface area contributed by atoms with Gasteiger partial charge in [0.25, 0.3) is 0 Å². The second kappa shape index (κ2) is 5.45. The number of nitrogen functional groups attached to an aromatic ring is 1. The predicted molar refractivity (Wildman–Crippen MR) is 77.7 cm³/mol. The highest BCUT2D eigenvalue weighted by atomic mass is 35.5. The van der Waals surface area contributed by atoms with Crippen molar-refractivity contribution in [1.29, 1.82) is 0 Å². The van der Waals surface area contributed by atoms with Gasteiger partial charge in [0.15, 0.2) is 5.82 Å². The van der Waals surface area contributed by atoms with Crippen molar-refractivity contribution in [2.75, 3.05) is 18.2 Å². The summed E-state index contributed by atoms with van der Waals surface area (Å²) in [6.07, 6.45) is 5.28. The number of pyridine rings is 1. The van der Waals surface area contributed by atoms with Gasteiger partial charge >= 0.3 is 0 Å². The summed E-state index contributed by atoms with van der Waals surface area (Å²) in [4.78, 5) is 3.89. The lowest BCUT2D eigenvalue weighted by atomic mass is 10.4. The Morgan fingerprint density at radius 3 is 2.74 bits per heavy atom. The van der Waals surface area contributed by atoms with Gasteiger partial charge in [-0.2, -0.15) is 11.8 Å². The molecule has 1 saturated carbocycles. The number of anilines is 1. The normalized spacial score (nSPS) is 17.2. The summed E-state index contributed by atoms with van der Waals surface area (Å²) in [5.41, 5.74) is 2.29. The molecule has 1 aliphatic rings. The maximum absolute atomic E-state index is 12.1. The van der Waals surface area contributed by atoms with Gasteiger partial charge in [0, 0.05) is 17.5 Å². The van der Waals surface area contributed by atoms with Crippen molar-refractivity contribution in [3.8, 4) is 0 Å². The molecule has 0 radical (unpaired) electrons. The lowest BCUT2D eigenvalue weighted by Gasteiger charge is -2.13. The number of sulfonamides is 1. The number of nitrogens with zero attached hydrogens (tertiary/aromatic N) is 1. The van der Waals surface area contributed by atoms with E-state index in [1.54, 1.807) is 11.8 Å². The zero-order valence-corrected chi connectivity index (χ0v) is 12.7. The highest BCUT2D eigenvalue weighted by Gasteiger charge is 2.42. The molecule has 0 bridgehead atoms. The Balaban J connectivity index is 2.13. The first-order valence-electron chi connectivity index (χ1n) is 5.59. The molecule has 0 atom stereocenters. The summed E-state index contributed by atoms with van der Waals surface area (Å²) < 4.78 is 26.9. The molecule has 0 unspecified atom stereocenters. The fraction of sp³-hybridized carbons (Fsp3) is 0.500. The monoisotopic (exact) mass is 322 g/mol. The van der Waals surface area contributed by atoms with Gasteiger partial charge in [-0.3, -0.25) is 0 Å². The van der Waals surface area contributed by atoms with E-state index >= 15 is 0 Å². The van der Waals surface area contributed by atoms with Crippen LogP contribution >= 0.6 is 23.4 Å². The van der Waals surface area contributed by atoms with Gasteiger partial charge in [-0.1, -0.05) is 11.6 Å². The Hall–Kier alpha value is -0.540. The van der Waals surface area contributed by atoms with Crippen LogP contribution in [0.4, 0.5) is 5.82 Å². The fourth-order valence-electron chi connectivity index (χ4n) is 1.58. The van der Waals surface area contributed by atoms with Gasteiger partial charge in [-0.05, 0) is 25.2 Å². The summed E-state index contributed by atoms with van der Waals surface area (Å²) in [5.74, 6) is 5.43. The Kier molecular flexibility index (Phi) is 4.26. The first-order valence-corrected chi connectivity index (χ1v) is 8.68. The van der Waals surface area contributed by atoms with Crippen LogP contribution in [0.3, 0.4) is 0 Å². The standard InChI is InChI=1S/C10H15ClN4O2S2/c1-18-10(2-3-10)6-14-19(16,17)7-4-8(11)9(15-12)13-5-7/h4-5,14H,2-3,6,12H2,1H3,(H,13,15). The molecule has 0 aromatic carbocycles. The number of hydrogen-bond donors (Lipinski definition) is 3. The smallest absolute Gasteiger partial charge is 0.242 e. The molecule has 0 spiro atoms. The number of hydrogen-bond acceptors (Lipinski definition) is 6. The van der Waals surface area contributed by atoms with E-state index in [0.29, 0.717) is 6.54 Å². The number of halogens is 1. The van der Waals surface area contributed by atoms with Crippen molar-refractivity contribution in [3.63, 3.8) is 0 Å². The van der Waals surface area contributed by atoms with Crippen molar-refractivity contribution in [2.45, 2.75) is 22.5 Å². The van der Waals surface area contributed by atoms with E-state index in [-0.39, 0.29) is 20.5 Å². The minimum absolute atomic E-state index is 0.0356. The van der Waals surface area contributed by atoms with E-state index in [4.69, 9.17) is 17.4 Å². The summed E-state index contributed by atoms with van der Waals surface area (Å²) in [6.45, 7) is 0.422. The number of rotatable bonds is 6. The van der Waals surface area contributed by atoms with Crippen LogP contribution in [-0.2, 0) is 10.0 Å². The molecule has 1 aromatic heterocycles. The molecule has 19 heavy (non-hydrogen) atoms. The minimum atomic E-state index is -3.59. The summed E-state index contributed by atoms with van der Waals surface area (Å²) in [5, 5.41) is 0.163. The van der Waals surface area contributed by atoms with Gasteiger partial charge in [0.1, 0.15) is 4.90 Å². The van der Waals surface area contributed by atoms with E-state index in [1.807, 2.05) is 6.26 Å². The zero-order valence-electron chi connectivity index (χ0n) is 10.3. The Labute approximate surface area is 121 Å². The molecular formula is C10H15ClN4O2S2. The second-order valence-corrected chi connectivity index (χ2v) is 7.81. The number of nitrogens with one attached hydrogen (secondary N) is 2. The quantitative estimate of drug-likeness (QED) is 0.538. The van der Waals surface area contributed by atoms with E-state index in [1.165, 1.54) is 12.3 Å². The molecule has 9 heteroatoms. The fourth-order valence-corrected chi connectivity index (χ4v) is 3.78. The molecule has 106 valence electrons. The maximum atomic E-state index is 12.1. The number of nitrogens with two attached hydrogens (primary N) is 1. The molecule has 2 rings (SSSR count). The third kappa shape index (κ3) is 3.32. The molecule has 0 saturated heterocycles. The Morgan fingerprint density at radius 2 is 2.26 bits per heavy atom. The third-order valence-corrected chi connectivity index (χ3v) is 6.16. The number of hydrazine groups is 1. The van der Waals surface area contributed by atoms with Gasteiger partial charge < -0.3 is 5.43 Å². The maximum Gasteiger partial charge on any atom is 0.242 e. The van der Waals surface area contributed by atoms with Crippen LogP contribution in [0.5, 0.6) is 0 Å². The van der Waals surface area contributed by atoms with Crippen LogP contribution in [0.1, 0.15) is 12.8 Å². The molecule has 0 aliphatic heterocycles. The average Bonchev–Trinajstić information content (AvgIpc) is 3.17. The summed E-state index contributed by atoms with van der Waals surface area (Å²) in [6, 6.07) is 1.32. The molecule has 6 nitrogen and oxygen atoms in total. The Morgan fingerprint density at radius 1 is 1.58 bits per heavy atom. The Bertz CT molecular complexity index is 575. The average molecular weight is 323 g/mol. The van der Waals surface area contributed by atoms with Crippen LogP contribution in [-0.4, -0.2) is 30.9 Å². The lowest BCUT2D eigenvalue weighted by molar-refractivity contribution is 0.579. The van der Waals surface area contributed by atoms with Crippen LogP contribution in [0, 0.1) is 0 Å². The van der Waals surface area contributed by atoms with E-state index in [0.717, 1.165) is 12.8 Å². The molecule has 0 amide bonds. The second-order valence-electron chi connectivity index (χ2n) is 4.36. The van der Waals surface area contributed by atoms with Crippen LogP contribution in [0.2, 0.25) is 5.02 Å². The van der Waals surface area contributed by atoms with Gasteiger partial charge in [-0.25, -0.2) is 24.0 Å². The van der Waals surface area contributed by atoms with Crippen molar-refractivity contribution >= 4 is 39.2 Å². The molecule has 1 fully saturated rings. The van der Waals surface area contributed by atoms with E-state index < -0.39 is 10.0 Å². The molecule has 1 aliphatic carbocycles. The molecule has 1 heterocycles. The summed E-state index contributed by atoms with van der Waals surface area (Å²) >= 11 is 7.55. The van der Waals surface area contributed by atoms with Crippen molar-refractivity contribution < 1.29 is 8.42 Å². The van der Waals surface area contributed by atoms with Gasteiger partial charge in [-0.15, -0.1) is 0 Å². The van der Waals surface area contributed by atoms with Gasteiger partial charge in [0.05, 0.1) is 5.02 Å². The van der Waals surface area contributed by atoms with E-state index in [2.05, 4.69) is 15.1 Å². The van der Waals surface area contributed by atoms with Crippen molar-refractivity contribution in [3.05, 3.63) is 17.3 Å². The lowest BCUT2D eigenvalue weighted by Crippen LogP contribution is -2.31.